The van der Waals surface area contributed by atoms with Gasteiger partial charge in [0, 0.05) is 25.0 Å². The molecule has 0 unspecified atom stereocenters. The van der Waals surface area contributed by atoms with Gasteiger partial charge in [0.15, 0.2) is 0 Å². The van der Waals surface area contributed by atoms with Crippen LogP contribution in [0.25, 0.3) is 0 Å². The van der Waals surface area contributed by atoms with Crippen LogP contribution in [0.3, 0.4) is 0 Å². The maximum atomic E-state index is 11.6. The molecule has 0 aromatic rings. The van der Waals surface area contributed by atoms with Crippen LogP contribution < -0.4 is 0 Å². The zero-order chi connectivity index (χ0) is 11.0. The van der Waals surface area contributed by atoms with Crippen molar-refractivity contribution < 1.29 is 14.7 Å². The van der Waals surface area contributed by atoms with E-state index in [0.29, 0.717) is 13.1 Å². The summed E-state index contributed by atoms with van der Waals surface area (Å²) >= 11 is 0. The lowest BCUT2D eigenvalue weighted by Crippen LogP contribution is -2.61. The number of carboxylic acids is 1. The third-order valence-corrected chi connectivity index (χ3v) is 3.11. The predicted molar refractivity (Wildman–Crippen MR) is 53.4 cm³/mol. The van der Waals surface area contributed by atoms with E-state index in [2.05, 4.69) is 0 Å². The lowest BCUT2D eigenvalue weighted by atomic mass is 10.1. The number of hydrogen-bond acceptors (Lipinski definition) is 3. The lowest BCUT2D eigenvalue weighted by Gasteiger charge is -2.43. The normalized spacial score (nSPS) is 21.6. The number of likely N-dealkylation sites (N-methyl/N-ethyl adjacent to an activating group) is 1. The Morgan fingerprint density at radius 3 is 2.47 bits per heavy atom. The smallest absolute Gasteiger partial charge is 0.317 e. The van der Waals surface area contributed by atoms with Gasteiger partial charge in [-0.3, -0.25) is 14.5 Å². The van der Waals surface area contributed by atoms with Gasteiger partial charge in [-0.1, -0.05) is 0 Å². The van der Waals surface area contributed by atoms with Gasteiger partial charge in [-0.05, 0) is 19.9 Å². The molecule has 84 valence electrons. The molecule has 2 fully saturated rings. The molecule has 1 aliphatic heterocycles. The van der Waals surface area contributed by atoms with Gasteiger partial charge in [-0.2, -0.15) is 0 Å². The first-order valence-corrected chi connectivity index (χ1v) is 5.28. The Bertz CT molecular complexity index is 282. The van der Waals surface area contributed by atoms with E-state index in [4.69, 9.17) is 5.11 Å². The zero-order valence-corrected chi connectivity index (χ0v) is 8.85. The standard InChI is InChI=1S/C10H16N2O3/c1-11(6-9(13)14)8-4-12(5-8)10(15)7-2-3-7/h7-8H,2-6H2,1H3,(H,13,14). The Kier molecular flexibility index (Phi) is 2.65. The van der Waals surface area contributed by atoms with Crippen LogP contribution >= 0.6 is 0 Å². The minimum Gasteiger partial charge on any atom is -0.480 e. The van der Waals surface area contributed by atoms with Crippen LogP contribution in [0.2, 0.25) is 0 Å². The lowest BCUT2D eigenvalue weighted by molar-refractivity contribution is -0.143. The monoisotopic (exact) mass is 212 g/mol. The average molecular weight is 212 g/mol. The third kappa shape index (κ3) is 2.28. The Morgan fingerprint density at radius 2 is 2.00 bits per heavy atom. The maximum absolute atomic E-state index is 11.6. The van der Waals surface area contributed by atoms with Crippen molar-refractivity contribution >= 4 is 11.9 Å². The van der Waals surface area contributed by atoms with Crippen molar-refractivity contribution in [2.75, 3.05) is 26.7 Å². The topological polar surface area (TPSA) is 60.9 Å². The molecule has 1 heterocycles. The van der Waals surface area contributed by atoms with Gasteiger partial charge in [0.2, 0.25) is 5.91 Å². The van der Waals surface area contributed by atoms with Gasteiger partial charge >= 0.3 is 5.97 Å². The van der Waals surface area contributed by atoms with E-state index in [-0.39, 0.29) is 24.4 Å². The van der Waals surface area contributed by atoms with E-state index < -0.39 is 5.97 Å². The molecule has 2 rings (SSSR count). The fourth-order valence-electron chi connectivity index (χ4n) is 1.84. The molecule has 0 spiro atoms. The van der Waals surface area contributed by atoms with E-state index in [1.165, 1.54) is 0 Å². The number of carbonyl (C=O) groups is 2. The Morgan fingerprint density at radius 1 is 1.40 bits per heavy atom. The van der Waals surface area contributed by atoms with E-state index in [1.807, 2.05) is 4.90 Å². The molecule has 0 aromatic carbocycles. The summed E-state index contributed by atoms with van der Waals surface area (Å²) in [5.74, 6) is -0.282. The Hall–Kier alpha value is -1.10. The molecule has 0 bridgehead atoms. The van der Waals surface area contributed by atoms with E-state index >= 15 is 0 Å². The Balaban J connectivity index is 1.72. The molecule has 2 aliphatic rings. The van der Waals surface area contributed by atoms with Crippen LogP contribution in [0.5, 0.6) is 0 Å². The van der Waals surface area contributed by atoms with Gasteiger partial charge in [-0.25, -0.2) is 0 Å². The summed E-state index contributed by atoms with van der Waals surface area (Å²) < 4.78 is 0. The van der Waals surface area contributed by atoms with Crippen LogP contribution in [-0.2, 0) is 9.59 Å². The first kappa shape index (κ1) is 10.4. The van der Waals surface area contributed by atoms with Crippen molar-refractivity contribution in [2.24, 2.45) is 5.92 Å². The highest BCUT2D eigenvalue weighted by Crippen LogP contribution is 2.32. The van der Waals surface area contributed by atoms with Crippen LogP contribution in [0.4, 0.5) is 0 Å². The van der Waals surface area contributed by atoms with Crippen molar-refractivity contribution in [3.63, 3.8) is 0 Å². The predicted octanol–water partition coefficient (Wildman–Crippen LogP) is -0.376. The molecule has 1 saturated heterocycles. The molecule has 0 radical (unpaired) electrons. The summed E-state index contributed by atoms with van der Waals surface area (Å²) in [6.45, 7) is 1.44. The molecule has 1 N–H and O–H groups in total. The maximum Gasteiger partial charge on any atom is 0.317 e. The highest BCUT2D eigenvalue weighted by atomic mass is 16.4. The van der Waals surface area contributed by atoms with E-state index in [1.54, 1.807) is 11.9 Å². The molecule has 1 aliphatic carbocycles. The summed E-state index contributed by atoms with van der Waals surface area (Å²) in [4.78, 5) is 25.7. The third-order valence-electron chi connectivity index (χ3n) is 3.11. The number of nitrogens with zero attached hydrogens (tertiary/aromatic N) is 2. The summed E-state index contributed by atoms with van der Waals surface area (Å²) in [6.07, 6.45) is 2.07. The number of amides is 1. The van der Waals surface area contributed by atoms with Gasteiger partial charge < -0.3 is 10.0 Å². The first-order valence-electron chi connectivity index (χ1n) is 5.28. The summed E-state index contributed by atoms with van der Waals surface area (Å²) in [7, 11) is 1.79. The van der Waals surface area contributed by atoms with Gasteiger partial charge in [0.05, 0.1) is 6.54 Å². The van der Waals surface area contributed by atoms with Crippen LogP contribution in [-0.4, -0.2) is 59.5 Å². The van der Waals surface area contributed by atoms with Crippen LogP contribution in [0, 0.1) is 5.92 Å². The SMILES string of the molecule is CN(CC(=O)O)C1CN(C(=O)C2CC2)C1. The largest absolute Gasteiger partial charge is 0.480 e. The molecule has 0 aromatic heterocycles. The van der Waals surface area contributed by atoms with Crippen molar-refractivity contribution in [1.29, 1.82) is 0 Å². The second-order valence-electron chi connectivity index (χ2n) is 4.48. The number of carboxylic acid groups (broad SMARTS) is 1. The van der Waals surface area contributed by atoms with E-state index in [9.17, 15) is 9.59 Å². The summed E-state index contributed by atoms with van der Waals surface area (Å²) in [5, 5.41) is 8.60. The number of rotatable bonds is 4. The van der Waals surface area contributed by atoms with Crippen molar-refractivity contribution in [2.45, 2.75) is 18.9 Å². The van der Waals surface area contributed by atoms with Crippen LogP contribution in [0.15, 0.2) is 0 Å². The first-order chi connectivity index (χ1) is 7.08. The molecule has 0 atom stereocenters. The highest BCUT2D eigenvalue weighted by molar-refractivity contribution is 5.82. The fraction of sp³-hybridized carbons (Fsp3) is 0.800. The van der Waals surface area contributed by atoms with Gasteiger partial charge in [0.1, 0.15) is 0 Å². The van der Waals surface area contributed by atoms with Crippen LogP contribution in [0.1, 0.15) is 12.8 Å². The average Bonchev–Trinajstić information content (AvgIpc) is 2.80. The van der Waals surface area contributed by atoms with Crippen molar-refractivity contribution in [3.05, 3.63) is 0 Å². The molecule has 15 heavy (non-hydrogen) atoms. The Labute approximate surface area is 88.6 Å². The van der Waals surface area contributed by atoms with E-state index in [0.717, 1.165) is 12.8 Å². The molecule has 5 nitrogen and oxygen atoms in total. The number of aliphatic carboxylic acids is 1. The molecule has 5 heteroatoms. The second-order valence-corrected chi connectivity index (χ2v) is 4.48. The zero-order valence-electron chi connectivity index (χ0n) is 8.85. The highest BCUT2D eigenvalue weighted by Gasteiger charge is 2.40. The van der Waals surface area contributed by atoms with Gasteiger partial charge in [-0.15, -0.1) is 0 Å². The van der Waals surface area contributed by atoms with Crippen molar-refractivity contribution in [3.8, 4) is 0 Å². The van der Waals surface area contributed by atoms with Gasteiger partial charge in [0.25, 0.3) is 0 Å². The molecule has 1 saturated carbocycles. The number of likely N-dealkylation sites (tertiary alicyclic amines) is 1. The quantitative estimate of drug-likeness (QED) is 0.690. The number of hydrogen-bond donors (Lipinski definition) is 1. The second kappa shape index (κ2) is 3.81. The molecule has 1 amide bonds. The summed E-state index contributed by atoms with van der Waals surface area (Å²) in [6, 6.07) is 0.226. The summed E-state index contributed by atoms with van der Waals surface area (Å²) in [5.41, 5.74) is 0. The minimum atomic E-state index is -0.815. The minimum absolute atomic E-state index is 0.0517. The molecular formula is C10H16N2O3. The number of carbonyl (C=O) groups excluding carboxylic acids is 1. The fourth-order valence-corrected chi connectivity index (χ4v) is 1.84. The van der Waals surface area contributed by atoms with Crippen molar-refractivity contribution in [1.82, 2.24) is 9.80 Å². The molecular weight excluding hydrogens is 196 g/mol.